The average molecular weight is 417 g/mol. The monoisotopic (exact) mass is 417 g/mol. The SMILES string of the molecule is Nc1ncnc2c1ncn2[C@H]1C[C@@H]2OP(=O)(OCCc3ccccc3)OC[C@H]2O1. The number of nitrogens with two attached hydrogens (primary N) is 1. The summed E-state index contributed by atoms with van der Waals surface area (Å²) in [5.41, 5.74) is 8.02. The predicted octanol–water partition coefficient (Wildman–Crippen LogP) is 2.48. The van der Waals surface area contributed by atoms with Crippen molar-refractivity contribution in [2.45, 2.75) is 31.3 Å². The number of nitrogens with zero attached hydrogens (tertiary/aromatic N) is 4. The molecule has 2 aliphatic heterocycles. The Morgan fingerprint density at radius 2 is 2.07 bits per heavy atom. The molecule has 11 heteroatoms. The first kappa shape index (κ1) is 18.7. The molecule has 1 unspecified atom stereocenters. The third kappa shape index (κ3) is 3.65. The van der Waals surface area contributed by atoms with Gasteiger partial charge in [-0.05, 0) is 12.0 Å². The predicted molar refractivity (Wildman–Crippen MR) is 103 cm³/mol. The summed E-state index contributed by atoms with van der Waals surface area (Å²) >= 11 is 0. The van der Waals surface area contributed by atoms with Crippen LogP contribution in [0.1, 0.15) is 18.2 Å². The van der Waals surface area contributed by atoms with Gasteiger partial charge in [0.25, 0.3) is 0 Å². The van der Waals surface area contributed by atoms with Crippen molar-refractivity contribution in [2.24, 2.45) is 0 Å². The lowest BCUT2D eigenvalue weighted by Gasteiger charge is -2.29. The number of fused-ring (bicyclic) bond motifs is 2. The second-order valence-electron chi connectivity index (χ2n) is 6.90. The van der Waals surface area contributed by atoms with E-state index in [-0.39, 0.29) is 25.5 Å². The summed E-state index contributed by atoms with van der Waals surface area (Å²) in [4.78, 5) is 12.4. The maximum absolute atomic E-state index is 12.8. The molecule has 0 saturated carbocycles. The molecule has 4 atom stereocenters. The van der Waals surface area contributed by atoms with E-state index in [1.807, 2.05) is 30.3 Å². The topological polar surface area (TPSA) is 124 Å². The van der Waals surface area contributed by atoms with Crippen LogP contribution in [0.2, 0.25) is 0 Å². The molecule has 0 bridgehead atoms. The number of imidazole rings is 1. The maximum Gasteiger partial charge on any atom is 0.475 e. The highest BCUT2D eigenvalue weighted by Gasteiger charge is 2.48. The number of aromatic nitrogens is 4. The van der Waals surface area contributed by atoms with Gasteiger partial charge in [0.15, 0.2) is 11.5 Å². The van der Waals surface area contributed by atoms with Crippen LogP contribution in [0.5, 0.6) is 0 Å². The number of phosphoric ester groups is 1. The fourth-order valence-electron chi connectivity index (χ4n) is 3.56. The molecular formula is C18H20N5O5P. The Balaban J connectivity index is 1.24. The Hall–Kier alpha value is -2.36. The van der Waals surface area contributed by atoms with Gasteiger partial charge in [-0.2, -0.15) is 0 Å². The second-order valence-corrected chi connectivity index (χ2v) is 8.53. The molecule has 0 amide bonds. The first-order chi connectivity index (χ1) is 14.1. The molecule has 2 aliphatic rings. The summed E-state index contributed by atoms with van der Waals surface area (Å²) in [6.45, 7) is 0.374. The molecule has 2 N–H and O–H groups in total. The van der Waals surface area contributed by atoms with Crippen molar-refractivity contribution in [3.8, 4) is 0 Å². The molecule has 2 aromatic heterocycles. The number of nitrogen functional groups attached to an aromatic ring is 1. The van der Waals surface area contributed by atoms with Gasteiger partial charge in [-0.3, -0.25) is 18.1 Å². The van der Waals surface area contributed by atoms with Gasteiger partial charge in [0, 0.05) is 6.42 Å². The molecule has 0 spiro atoms. The van der Waals surface area contributed by atoms with E-state index in [0.29, 0.717) is 29.8 Å². The molecule has 2 saturated heterocycles. The van der Waals surface area contributed by atoms with Gasteiger partial charge in [-0.25, -0.2) is 19.5 Å². The van der Waals surface area contributed by atoms with Gasteiger partial charge in [-0.1, -0.05) is 30.3 Å². The van der Waals surface area contributed by atoms with Gasteiger partial charge < -0.3 is 10.5 Å². The van der Waals surface area contributed by atoms with Crippen LogP contribution < -0.4 is 5.73 Å². The zero-order valence-corrected chi connectivity index (χ0v) is 16.4. The number of anilines is 1. The fourth-order valence-corrected chi connectivity index (χ4v) is 4.96. The maximum atomic E-state index is 12.8. The Morgan fingerprint density at radius 3 is 2.93 bits per heavy atom. The fraction of sp³-hybridized carbons (Fsp3) is 0.389. The smallest absolute Gasteiger partial charge is 0.382 e. The average Bonchev–Trinajstić information content (AvgIpc) is 3.33. The minimum atomic E-state index is -3.63. The molecule has 152 valence electrons. The van der Waals surface area contributed by atoms with E-state index in [9.17, 15) is 4.57 Å². The molecule has 29 heavy (non-hydrogen) atoms. The van der Waals surface area contributed by atoms with Crippen LogP contribution in [0, 0.1) is 0 Å². The van der Waals surface area contributed by atoms with Crippen LogP contribution in [0.3, 0.4) is 0 Å². The molecule has 10 nitrogen and oxygen atoms in total. The van der Waals surface area contributed by atoms with Crippen molar-refractivity contribution < 1.29 is 22.9 Å². The Morgan fingerprint density at radius 1 is 1.21 bits per heavy atom. The summed E-state index contributed by atoms with van der Waals surface area (Å²) in [5.74, 6) is 0.306. The van der Waals surface area contributed by atoms with Gasteiger partial charge >= 0.3 is 7.82 Å². The lowest BCUT2D eigenvalue weighted by atomic mass is 10.2. The summed E-state index contributed by atoms with van der Waals surface area (Å²) in [6, 6.07) is 9.81. The van der Waals surface area contributed by atoms with Crippen LogP contribution in [0.15, 0.2) is 43.0 Å². The number of hydrogen-bond donors (Lipinski definition) is 1. The van der Waals surface area contributed by atoms with Crippen LogP contribution >= 0.6 is 7.82 Å². The van der Waals surface area contributed by atoms with Gasteiger partial charge in [0.1, 0.15) is 30.3 Å². The Bertz CT molecular complexity index is 1060. The number of benzene rings is 1. The van der Waals surface area contributed by atoms with Crippen LogP contribution in [-0.2, 0) is 29.3 Å². The molecule has 0 aliphatic carbocycles. The van der Waals surface area contributed by atoms with E-state index in [1.165, 1.54) is 6.33 Å². The quantitative estimate of drug-likeness (QED) is 0.624. The molecule has 0 radical (unpaired) electrons. The van der Waals surface area contributed by atoms with E-state index in [1.54, 1.807) is 10.9 Å². The third-order valence-electron chi connectivity index (χ3n) is 5.02. The molecule has 3 aromatic rings. The standard InChI is InChI=1S/C18H20N5O5P/c19-17-16-18(21-10-20-17)23(11-22-16)15-8-13-14(27-15)9-26-29(24,28-13)25-7-6-12-4-2-1-3-5-12/h1-5,10-11,13-15H,6-9H2,(H2,19,20,21)/t13-,14+,15+,29?/m0/s1. The highest BCUT2D eigenvalue weighted by molar-refractivity contribution is 7.48. The minimum absolute atomic E-state index is 0.132. The number of ether oxygens (including phenoxy) is 1. The first-order valence-corrected chi connectivity index (χ1v) is 10.8. The normalized spacial score (nSPS) is 29.2. The Labute approximate surface area is 166 Å². The van der Waals surface area contributed by atoms with Crippen molar-refractivity contribution in [2.75, 3.05) is 18.9 Å². The zero-order chi connectivity index (χ0) is 19.8. The van der Waals surface area contributed by atoms with Gasteiger partial charge in [0.2, 0.25) is 0 Å². The van der Waals surface area contributed by atoms with Crippen molar-refractivity contribution in [1.82, 2.24) is 19.5 Å². The van der Waals surface area contributed by atoms with Gasteiger partial charge in [-0.15, -0.1) is 0 Å². The lowest BCUT2D eigenvalue weighted by molar-refractivity contribution is -0.0704. The number of rotatable bonds is 5. The van der Waals surface area contributed by atoms with Gasteiger partial charge in [0.05, 0.1) is 19.5 Å². The molecule has 1 aromatic carbocycles. The summed E-state index contributed by atoms with van der Waals surface area (Å²) in [6.07, 6.45) is 2.93. The van der Waals surface area contributed by atoms with Crippen LogP contribution in [-0.4, -0.2) is 44.9 Å². The van der Waals surface area contributed by atoms with E-state index in [0.717, 1.165) is 5.56 Å². The summed E-state index contributed by atoms with van der Waals surface area (Å²) in [5, 5.41) is 0. The van der Waals surface area contributed by atoms with Crippen molar-refractivity contribution in [3.63, 3.8) is 0 Å². The molecule has 5 rings (SSSR count). The van der Waals surface area contributed by atoms with Crippen LogP contribution in [0.4, 0.5) is 5.82 Å². The Kier molecular flexibility index (Phi) is 4.81. The molecule has 4 heterocycles. The molecular weight excluding hydrogens is 397 g/mol. The highest BCUT2D eigenvalue weighted by atomic mass is 31.2. The van der Waals surface area contributed by atoms with E-state index in [4.69, 9.17) is 24.0 Å². The van der Waals surface area contributed by atoms with Crippen molar-refractivity contribution in [3.05, 3.63) is 48.5 Å². The third-order valence-corrected chi connectivity index (χ3v) is 6.52. The summed E-state index contributed by atoms with van der Waals surface area (Å²) < 4.78 is 37.2. The number of hydrogen-bond acceptors (Lipinski definition) is 9. The van der Waals surface area contributed by atoms with Crippen molar-refractivity contribution >= 4 is 24.8 Å². The van der Waals surface area contributed by atoms with Crippen LogP contribution in [0.25, 0.3) is 11.2 Å². The summed E-state index contributed by atoms with van der Waals surface area (Å²) in [7, 11) is -3.63. The lowest BCUT2D eigenvalue weighted by Crippen LogP contribution is -2.33. The van der Waals surface area contributed by atoms with E-state index >= 15 is 0 Å². The van der Waals surface area contributed by atoms with E-state index < -0.39 is 13.9 Å². The highest BCUT2D eigenvalue weighted by Crippen LogP contribution is 2.56. The van der Waals surface area contributed by atoms with Crippen molar-refractivity contribution in [1.29, 1.82) is 0 Å². The largest absolute Gasteiger partial charge is 0.475 e. The van der Waals surface area contributed by atoms with E-state index in [2.05, 4.69) is 15.0 Å². The number of phosphoric acid groups is 1. The first-order valence-electron chi connectivity index (χ1n) is 9.31. The minimum Gasteiger partial charge on any atom is -0.382 e. The second kappa shape index (κ2) is 7.47. The molecule has 2 fully saturated rings. The zero-order valence-electron chi connectivity index (χ0n) is 15.5.